The zero-order valence-corrected chi connectivity index (χ0v) is 31.4. The van der Waals surface area contributed by atoms with Crippen LogP contribution in [0.5, 0.6) is 0 Å². The molecule has 0 spiro atoms. The number of likely N-dealkylation sites (tertiary alicyclic amines) is 1. The zero-order chi connectivity index (χ0) is 39.9. The lowest BCUT2D eigenvalue weighted by molar-refractivity contribution is -0.126. The van der Waals surface area contributed by atoms with E-state index in [4.69, 9.17) is 9.47 Å². The number of benzene rings is 3. The van der Waals surface area contributed by atoms with E-state index in [1.54, 1.807) is 51.2 Å². The van der Waals surface area contributed by atoms with Crippen molar-refractivity contribution in [1.29, 1.82) is 0 Å². The Morgan fingerprint density at radius 1 is 0.964 bits per heavy atom. The monoisotopic (exact) mass is 768 g/mol. The van der Waals surface area contributed by atoms with Crippen LogP contribution in [0.15, 0.2) is 72.9 Å². The number of nitrogens with one attached hydrogen (secondary N) is 3. The second-order valence-electron chi connectivity index (χ2n) is 15.2. The van der Waals surface area contributed by atoms with Gasteiger partial charge >= 0.3 is 12.2 Å². The number of ketones is 1. The number of aromatic nitrogens is 2. The van der Waals surface area contributed by atoms with Gasteiger partial charge in [0.2, 0.25) is 11.8 Å². The van der Waals surface area contributed by atoms with Crippen LogP contribution in [0.4, 0.5) is 24.1 Å². The molecule has 3 atom stereocenters. The summed E-state index contributed by atoms with van der Waals surface area (Å²) in [5.74, 6) is -4.04. The molecule has 1 saturated heterocycles. The number of carbonyl (C=O) groups is 5. The molecule has 1 aromatic heterocycles. The molecule has 3 aliphatic heterocycles. The van der Waals surface area contributed by atoms with Crippen LogP contribution >= 0.6 is 0 Å². The van der Waals surface area contributed by atoms with E-state index in [9.17, 15) is 32.8 Å². The molecule has 56 heavy (non-hydrogen) atoms. The van der Waals surface area contributed by atoms with Crippen LogP contribution in [-0.4, -0.2) is 88.5 Å². The first-order valence-corrected chi connectivity index (χ1v) is 18.3. The van der Waals surface area contributed by atoms with Crippen molar-refractivity contribution in [2.24, 2.45) is 0 Å². The van der Waals surface area contributed by atoms with Crippen molar-refractivity contribution in [3.05, 3.63) is 95.4 Å². The van der Waals surface area contributed by atoms with Gasteiger partial charge in [0.05, 0.1) is 43.8 Å². The van der Waals surface area contributed by atoms with Crippen LogP contribution in [-0.2, 0) is 31.9 Å². The normalized spacial score (nSPS) is 19.9. The van der Waals surface area contributed by atoms with E-state index >= 15 is 0 Å². The highest BCUT2D eigenvalue weighted by molar-refractivity contribution is 6.08. The molecule has 1 unspecified atom stereocenters. The number of methoxy groups -OCH3 is 1. The van der Waals surface area contributed by atoms with Crippen molar-refractivity contribution in [2.75, 3.05) is 25.1 Å². The van der Waals surface area contributed by atoms with Crippen molar-refractivity contribution in [3.8, 4) is 22.4 Å². The fraction of sp³-hybridized carbons (Fsp3) is 0.366. The Hall–Kier alpha value is -6.12. The smallest absolute Gasteiger partial charge is 0.411 e. The lowest BCUT2D eigenvalue weighted by Gasteiger charge is -2.27. The van der Waals surface area contributed by atoms with Crippen molar-refractivity contribution >= 4 is 35.5 Å². The average Bonchev–Trinajstić information content (AvgIpc) is 3.88. The van der Waals surface area contributed by atoms with Gasteiger partial charge in [-0.25, -0.2) is 23.4 Å². The van der Waals surface area contributed by atoms with E-state index in [2.05, 4.69) is 20.6 Å². The van der Waals surface area contributed by atoms with Gasteiger partial charge in [-0.05, 0) is 61.4 Å². The molecule has 1 fully saturated rings. The SMILES string of the molecule is COC(=O)N[C@H]1CCc2cccc3c2N(C1=O)[C@H](C(=O)NCC(=O)c1ccc(-c2ccc(-c4cnc(C5CC(F)(F)CN5C(=O)OC(C)(C)C)[nH]4)cc2)cc1)C3. The number of H-pyrrole nitrogens is 1. The summed E-state index contributed by atoms with van der Waals surface area (Å²) in [5.41, 5.74) is 5.01. The standard InChI is InChI=1S/C41H42F2N6O7/c1-40(2,3)56-39(54)48-22-41(42,43)19-32(48)35-44-20-30(46-35)25-12-8-23(9-13-25)24-10-14-26(15-11-24)33(50)21-45-36(51)31-18-28-7-5-6-27-16-17-29(47-38(53)55-4)37(52)49(31)34(27)28/h5-15,20,29,31-32H,16-19,21-22H2,1-4H3,(H,44,46)(H,45,51)(H,47,53)/t29-,31-,32?/m0/s1. The number of hydrogen-bond acceptors (Lipinski definition) is 8. The second kappa shape index (κ2) is 14.8. The molecule has 4 heterocycles. The first-order valence-electron chi connectivity index (χ1n) is 18.3. The van der Waals surface area contributed by atoms with Gasteiger partial charge in [-0.1, -0.05) is 66.7 Å². The Morgan fingerprint density at radius 2 is 1.62 bits per heavy atom. The number of alkyl halides is 2. The Balaban J connectivity index is 0.977. The number of aromatic amines is 1. The number of amides is 4. The van der Waals surface area contributed by atoms with Gasteiger partial charge in [0, 0.05) is 18.4 Å². The summed E-state index contributed by atoms with van der Waals surface area (Å²) in [7, 11) is 1.22. The summed E-state index contributed by atoms with van der Waals surface area (Å²) in [6, 6.07) is 17.3. The predicted molar refractivity (Wildman–Crippen MR) is 201 cm³/mol. The molecule has 0 saturated carbocycles. The second-order valence-corrected chi connectivity index (χ2v) is 15.2. The lowest BCUT2D eigenvalue weighted by atomic mass is 10.0. The van der Waals surface area contributed by atoms with Crippen LogP contribution in [0.3, 0.4) is 0 Å². The van der Waals surface area contributed by atoms with Gasteiger partial charge in [0.1, 0.15) is 23.5 Å². The molecule has 3 aromatic carbocycles. The molecule has 13 nitrogen and oxygen atoms in total. The van der Waals surface area contributed by atoms with Crippen molar-refractivity contribution in [2.45, 2.75) is 76.1 Å². The van der Waals surface area contributed by atoms with Crippen LogP contribution in [0.25, 0.3) is 22.4 Å². The highest BCUT2D eigenvalue weighted by Gasteiger charge is 2.50. The average molecular weight is 769 g/mol. The van der Waals surface area contributed by atoms with Crippen LogP contribution in [0, 0.1) is 0 Å². The van der Waals surface area contributed by atoms with Crippen molar-refractivity contribution in [3.63, 3.8) is 0 Å². The Labute approximate surface area is 321 Å². The van der Waals surface area contributed by atoms with Crippen molar-refractivity contribution in [1.82, 2.24) is 25.5 Å². The number of Topliss-reactive ketones (excluding diaryl/α,β-unsaturated/α-hetero) is 1. The van der Waals surface area contributed by atoms with Crippen LogP contribution in [0.1, 0.15) is 67.0 Å². The van der Waals surface area contributed by atoms with Gasteiger partial charge in [-0.15, -0.1) is 0 Å². The fourth-order valence-corrected chi connectivity index (χ4v) is 7.48. The number of ether oxygens (including phenoxy) is 2. The van der Waals surface area contributed by atoms with E-state index in [0.29, 0.717) is 29.8 Å². The maximum atomic E-state index is 14.5. The molecular formula is C41H42F2N6O7. The van der Waals surface area contributed by atoms with E-state index in [1.165, 1.54) is 12.0 Å². The first kappa shape index (κ1) is 38.2. The zero-order valence-electron chi connectivity index (χ0n) is 31.4. The number of rotatable bonds is 8. The van der Waals surface area contributed by atoms with E-state index in [-0.39, 0.29) is 24.6 Å². The molecule has 292 valence electrons. The summed E-state index contributed by atoms with van der Waals surface area (Å²) in [4.78, 5) is 75.0. The summed E-state index contributed by atoms with van der Waals surface area (Å²) in [5, 5.41) is 5.30. The van der Waals surface area contributed by atoms with Crippen LogP contribution in [0.2, 0.25) is 0 Å². The molecule has 0 radical (unpaired) electrons. The first-order chi connectivity index (χ1) is 26.6. The van der Waals surface area contributed by atoms with E-state index in [0.717, 1.165) is 32.7 Å². The maximum Gasteiger partial charge on any atom is 0.411 e. The molecule has 3 aliphatic rings. The number of nitrogens with zero attached hydrogens (tertiary/aromatic N) is 3. The summed E-state index contributed by atoms with van der Waals surface area (Å²) < 4.78 is 39.0. The lowest BCUT2D eigenvalue weighted by Crippen LogP contribution is -2.54. The van der Waals surface area contributed by atoms with Gasteiger partial charge in [-0.3, -0.25) is 24.2 Å². The minimum absolute atomic E-state index is 0.239. The molecule has 7 rings (SSSR count). The largest absolute Gasteiger partial charge is 0.453 e. The fourth-order valence-electron chi connectivity index (χ4n) is 7.48. The summed E-state index contributed by atoms with van der Waals surface area (Å²) in [6.45, 7) is 3.99. The van der Waals surface area contributed by atoms with E-state index in [1.807, 2.05) is 42.5 Å². The molecular weight excluding hydrogens is 726 g/mol. The number of hydrogen-bond donors (Lipinski definition) is 3. The third kappa shape index (κ3) is 7.84. The number of aryl methyl sites for hydroxylation is 1. The number of halogens is 2. The van der Waals surface area contributed by atoms with Gasteiger partial charge in [-0.2, -0.15) is 0 Å². The highest BCUT2D eigenvalue weighted by atomic mass is 19.3. The minimum Gasteiger partial charge on any atom is -0.453 e. The maximum absolute atomic E-state index is 14.5. The van der Waals surface area contributed by atoms with Gasteiger partial charge in [0.25, 0.3) is 5.92 Å². The Kier molecular flexibility index (Phi) is 10.1. The highest BCUT2D eigenvalue weighted by Crippen LogP contribution is 2.42. The number of carbonyl (C=O) groups excluding carboxylic acids is 5. The molecule has 15 heteroatoms. The predicted octanol–water partition coefficient (Wildman–Crippen LogP) is 5.99. The summed E-state index contributed by atoms with van der Waals surface area (Å²) in [6.07, 6.45) is 0.567. The Morgan fingerprint density at radius 3 is 2.30 bits per heavy atom. The summed E-state index contributed by atoms with van der Waals surface area (Å²) >= 11 is 0. The number of anilines is 1. The number of alkyl carbamates (subject to hydrolysis) is 1. The third-order valence-electron chi connectivity index (χ3n) is 10.2. The van der Waals surface area contributed by atoms with Gasteiger partial charge in [0.15, 0.2) is 5.78 Å². The molecule has 0 bridgehead atoms. The minimum atomic E-state index is -3.08. The van der Waals surface area contributed by atoms with Gasteiger partial charge < -0.3 is 25.1 Å². The Bertz CT molecular complexity index is 2180. The van der Waals surface area contributed by atoms with Crippen LogP contribution < -0.4 is 15.5 Å². The molecule has 0 aliphatic carbocycles. The van der Waals surface area contributed by atoms with E-state index < -0.39 is 66.6 Å². The third-order valence-corrected chi connectivity index (χ3v) is 10.2. The van der Waals surface area contributed by atoms with Crippen molar-refractivity contribution < 1.29 is 42.2 Å². The molecule has 3 N–H and O–H groups in total. The quantitative estimate of drug-likeness (QED) is 0.184. The molecule has 4 aromatic rings. The number of para-hydroxylation sites is 1. The number of imidazole rings is 1. The molecule has 4 amide bonds. The topological polar surface area (TPSA) is 163 Å².